The summed E-state index contributed by atoms with van der Waals surface area (Å²) in [5.74, 6) is 0. The average molecular weight is 388 g/mol. The Morgan fingerprint density at radius 1 is 1.00 bits per heavy atom. The Hall–Kier alpha value is -3.79. The van der Waals surface area contributed by atoms with Crippen molar-refractivity contribution in [3.63, 3.8) is 0 Å². The highest BCUT2D eigenvalue weighted by molar-refractivity contribution is 6.31. The number of amides is 2. The Morgan fingerprint density at radius 2 is 1.74 bits per heavy atom. The molecule has 10 nitrogen and oxygen atoms in total. The topological polar surface area (TPSA) is 140 Å². The lowest BCUT2D eigenvalue weighted by Gasteiger charge is -2.10. The minimum Gasteiger partial charge on any atom is -0.308 e. The molecule has 0 radical (unpaired) electrons. The molecule has 1 aromatic heterocycles. The van der Waals surface area contributed by atoms with Crippen LogP contribution in [0, 0.1) is 20.2 Å². The normalized spacial score (nSPS) is 10.4. The smallest absolute Gasteiger partial charge is 0.308 e. The van der Waals surface area contributed by atoms with E-state index in [9.17, 15) is 25.0 Å². The van der Waals surface area contributed by atoms with Gasteiger partial charge >= 0.3 is 11.7 Å². The maximum absolute atomic E-state index is 12.3. The van der Waals surface area contributed by atoms with E-state index < -0.39 is 27.3 Å². The summed E-state index contributed by atoms with van der Waals surface area (Å²) in [4.78, 5) is 37.3. The van der Waals surface area contributed by atoms with E-state index in [-0.39, 0.29) is 16.6 Å². The molecule has 0 atom stereocenters. The first kappa shape index (κ1) is 18.0. The number of non-ortho nitro benzene ring substituents is 1. The summed E-state index contributed by atoms with van der Waals surface area (Å²) in [5.41, 5.74) is -1.08. The number of nitrogens with one attached hydrogen (secondary N) is 2. The van der Waals surface area contributed by atoms with Gasteiger partial charge in [0.25, 0.3) is 5.69 Å². The molecule has 2 aromatic carbocycles. The molecule has 136 valence electrons. The van der Waals surface area contributed by atoms with E-state index >= 15 is 0 Å². The third-order valence-electron chi connectivity index (χ3n) is 3.56. The van der Waals surface area contributed by atoms with Gasteiger partial charge < -0.3 is 5.32 Å². The number of nitrogens with zero attached hydrogens (tertiary/aromatic N) is 3. The van der Waals surface area contributed by atoms with Crippen molar-refractivity contribution in [3.8, 4) is 0 Å². The molecule has 0 bridgehead atoms. The minimum absolute atomic E-state index is 0.0613. The number of benzene rings is 2. The van der Waals surface area contributed by atoms with Gasteiger partial charge in [-0.1, -0.05) is 17.7 Å². The Bertz CT molecular complexity index is 1090. The second-order valence-corrected chi connectivity index (χ2v) is 5.73. The minimum atomic E-state index is -0.823. The molecule has 0 unspecified atom stereocenters. The molecule has 0 aliphatic carbocycles. The first-order valence-electron chi connectivity index (χ1n) is 7.41. The second-order valence-electron chi connectivity index (χ2n) is 5.29. The van der Waals surface area contributed by atoms with Crippen LogP contribution in [0.25, 0.3) is 10.9 Å². The predicted octanol–water partition coefficient (Wildman–Crippen LogP) is 4.35. The van der Waals surface area contributed by atoms with Gasteiger partial charge in [-0.05, 0) is 30.3 Å². The molecule has 0 aliphatic heterocycles. The fraction of sp³-hybridized carbons (Fsp3) is 0. The summed E-state index contributed by atoms with van der Waals surface area (Å²) < 4.78 is 0. The van der Waals surface area contributed by atoms with Gasteiger partial charge in [0, 0.05) is 16.9 Å². The molecule has 0 aliphatic rings. The summed E-state index contributed by atoms with van der Waals surface area (Å²) in [5, 5.41) is 27.9. The van der Waals surface area contributed by atoms with E-state index in [0.717, 1.165) is 6.07 Å². The number of nitro benzene ring substituents is 2. The zero-order chi connectivity index (χ0) is 19.6. The summed E-state index contributed by atoms with van der Waals surface area (Å²) in [7, 11) is 0. The van der Waals surface area contributed by atoms with E-state index in [1.165, 1.54) is 24.4 Å². The molecule has 11 heteroatoms. The van der Waals surface area contributed by atoms with Crippen LogP contribution in [-0.4, -0.2) is 20.9 Å². The van der Waals surface area contributed by atoms with Gasteiger partial charge in [-0.2, -0.15) is 0 Å². The van der Waals surface area contributed by atoms with Crippen LogP contribution in [0.1, 0.15) is 0 Å². The number of pyridine rings is 1. The Balaban J connectivity index is 2.06. The number of aromatic nitrogens is 1. The predicted molar refractivity (Wildman–Crippen MR) is 99.1 cm³/mol. The van der Waals surface area contributed by atoms with Gasteiger partial charge in [0.15, 0.2) is 0 Å². The monoisotopic (exact) mass is 387 g/mol. The van der Waals surface area contributed by atoms with Gasteiger partial charge in [0.05, 0.1) is 21.3 Å². The first-order valence-corrected chi connectivity index (χ1v) is 7.78. The average Bonchev–Trinajstić information content (AvgIpc) is 2.61. The van der Waals surface area contributed by atoms with Gasteiger partial charge in [-0.25, -0.2) is 4.79 Å². The number of rotatable bonds is 4. The number of fused-ring (bicyclic) bond motifs is 1. The molecule has 3 aromatic rings. The van der Waals surface area contributed by atoms with Crippen LogP contribution in [0.3, 0.4) is 0 Å². The third-order valence-corrected chi connectivity index (χ3v) is 3.80. The molecular formula is C16H10ClN5O5. The maximum Gasteiger partial charge on any atom is 0.323 e. The highest BCUT2D eigenvalue weighted by atomic mass is 35.5. The number of urea groups is 1. The Morgan fingerprint density at radius 3 is 2.41 bits per heavy atom. The van der Waals surface area contributed by atoms with Crippen molar-refractivity contribution in [2.45, 2.75) is 0 Å². The van der Waals surface area contributed by atoms with Crippen LogP contribution in [0.5, 0.6) is 0 Å². The number of anilines is 2. The number of carbonyl (C=O) groups is 1. The maximum atomic E-state index is 12.3. The van der Waals surface area contributed by atoms with Crippen molar-refractivity contribution in [2.75, 3.05) is 10.6 Å². The fourth-order valence-electron chi connectivity index (χ4n) is 2.47. The molecule has 0 saturated carbocycles. The van der Waals surface area contributed by atoms with Crippen molar-refractivity contribution in [3.05, 3.63) is 73.9 Å². The number of carbonyl (C=O) groups excluding carboxylic acids is 1. The lowest BCUT2D eigenvalue weighted by atomic mass is 10.1. The summed E-state index contributed by atoms with van der Waals surface area (Å²) in [6.07, 6.45) is 1.32. The standard InChI is InChI=1S/C16H10ClN5O5/c17-9-3-1-4-10(7-9)19-16(23)20-15-13(22(26)27)8-12(21(24)25)11-5-2-6-18-14(11)15/h1-8H,(H2,19,20,23). The van der Waals surface area contributed by atoms with Gasteiger partial charge in [0.2, 0.25) is 0 Å². The van der Waals surface area contributed by atoms with Gasteiger partial charge in [-0.15, -0.1) is 0 Å². The SMILES string of the molecule is O=C(Nc1cccc(Cl)c1)Nc1c([N+](=O)[O-])cc([N+](=O)[O-])c2cccnc12. The molecule has 2 amide bonds. The highest BCUT2D eigenvalue weighted by Gasteiger charge is 2.27. The molecule has 3 rings (SSSR count). The lowest BCUT2D eigenvalue weighted by molar-refractivity contribution is -0.392. The van der Waals surface area contributed by atoms with Crippen molar-refractivity contribution < 1.29 is 14.6 Å². The molecule has 1 heterocycles. The Kier molecular flexibility index (Phi) is 4.81. The number of nitro groups is 2. The van der Waals surface area contributed by atoms with E-state index in [4.69, 9.17) is 11.6 Å². The van der Waals surface area contributed by atoms with E-state index in [1.54, 1.807) is 18.2 Å². The molecule has 0 spiro atoms. The fourth-order valence-corrected chi connectivity index (χ4v) is 2.66. The van der Waals surface area contributed by atoms with Gasteiger partial charge in [-0.3, -0.25) is 30.5 Å². The lowest BCUT2D eigenvalue weighted by Crippen LogP contribution is -2.20. The van der Waals surface area contributed by atoms with Crippen LogP contribution in [-0.2, 0) is 0 Å². The zero-order valence-electron chi connectivity index (χ0n) is 13.4. The number of hydrogen-bond acceptors (Lipinski definition) is 6. The van der Waals surface area contributed by atoms with E-state index in [2.05, 4.69) is 15.6 Å². The zero-order valence-corrected chi connectivity index (χ0v) is 14.1. The first-order chi connectivity index (χ1) is 12.9. The molecule has 2 N–H and O–H groups in total. The molecule has 0 saturated heterocycles. The summed E-state index contributed by atoms with van der Waals surface area (Å²) in [6, 6.07) is 9.14. The largest absolute Gasteiger partial charge is 0.323 e. The van der Waals surface area contributed by atoms with Crippen LogP contribution in [0.4, 0.5) is 27.5 Å². The van der Waals surface area contributed by atoms with Crippen LogP contribution >= 0.6 is 11.6 Å². The van der Waals surface area contributed by atoms with Gasteiger partial charge in [0.1, 0.15) is 11.2 Å². The second kappa shape index (κ2) is 7.22. The van der Waals surface area contributed by atoms with Crippen molar-refractivity contribution in [2.24, 2.45) is 0 Å². The molecule has 27 heavy (non-hydrogen) atoms. The number of halogens is 1. The van der Waals surface area contributed by atoms with Crippen molar-refractivity contribution in [1.82, 2.24) is 4.98 Å². The van der Waals surface area contributed by atoms with E-state index in [0.29, 0.717) is 10.7 Å². The van der Waals surface area contributed by atoms with Crippen LogP contribution in [0.15, 0.2) is 48.7 Å². The van der Waals surface area contributed by atoms with E-state index in [1.807, 2.05) is 0 Å². The molecular weight excluding hydrogens is 378 g/mol. The Labute approximate surface area is 156 Å². The molecule has 0 fully saturated rings. The van der Waals surface area contributed by atoms with Crippen molar-refractivity contribution in [1.29, 1.82) is 0 Å². The highest BCUT2D eigenvalue weighted by Crippen LogP contribution is 2.38. The quantitative estimate of drug-likeness (QED) is 0.503. The number of hydrogen-bond donors (Lipinski definition) is 2. The summed E-state index contributed by atoms with van der Waals surface area (Å²) in [6.45, 7) is 0. The van der Waals surface area contributed by atoms with Crippen LogP contribution < -0.4 is 10.6 Å². The van der Waals surface area contributed by atoms with Crippen molar-refractivity contribution >= 4 is 51.3 Å². The summed E-state index contributed by atoms with van der Waals surface area (Å²) >= 11 is 5.85. The van der Waals surface area contributed by atoms with Crippen LogP contribution in [0.2, 0.25) is 5.02 Å². The third kappa shape index (κ3) is 3.75.